The number of phenols is 1. The number of aromatic hydroxyl groups is 1. The van der Waals surface area contributed by atoms with Crippen LogP contribution in [0.4, 0.5) is 0 Å². The van der Waals surface area contributed by atoms with Crippen molar-refractivity contribution in [3.8, 4) is 11.5 Å². The molecule has 0 aliphatic carbocycles. The summed E-state index contributed by atoms with van der Waals surface area (Å²) in [4.78, 5) is 11.3. The van der Waals surface area contributed by atoms with E-state index in [9.17, 15) is 9.90 Å². The summed E-state index contributed by atoms with van der Waals surface area (Å²) in [5, 5.41) is 9.93. The van der Waals surface area contributed by atoms with Crippen LogP contribution in [0.1, 0.15) is 18.1 Å². The number of halogens is 2. The quantitative estimate of drug-likeness (QED) is 0.788. The van der Waals surface area contributed by atoms with E-state index in [0.717, 1.165) is 11.1 Å². The van der Waals surface area contributed by atoms with Gasteiger partial charge in [-0.15, -0.1) is 0 Å². The van der Waals surface area contributed by atoms with Crippen molar-refractivity contribution in [2.75, 3.05) is 13.2 Å². The number of phenolic OH excluding ortho intramolecular Hbond substituents is 1. The van der Waals surface area contributed by atoms with Gasteiger partial charge in [-0.2, -0.15) is 0 Å². The van der Waals surface area contributed by atoms with E-state index < -0.39 is 5.97 Å². The molecule has 4 nitrogen and oxygen atoms in total. The van der Waals surface area contributed by atoms with E-state index in [1.54, 1.807) is 31.2 Å². The molecule has 2 aromatic carbocycles. The second kappa shape index (κ2) is 8.09. The smallest absolute Gasteiger partial charge is 0.344 e. The lowest BCUT2D eigenvalue weighted by Gasteiger charge is -2.12. The van der Waals surface area contributed by atoms with Gasteiger partial charge in [0.15, 0.2) is 6.61 Å². The van der Waals surface area contributed by atoms with Gasteiger partial charge in [0, 0.05) is 0 Å². The SMILES string of the molecule is CCOC(=O)COc1ccc(Cc2ccc(O)cc2)c(Cl)c1Cl. The fraction of sp³-hybridized carbons (Fsp3) is 0.235. The molecule has 0 bridgehead atoms. The van der Waals surface area contributed by atoms with Gasteiger partial charge in [0.2, 0.25) is 0 Å². The first-order valence-electron chi connectivity index (χ1n) is 7.04. The molecule has 0 spiro atoms. The maximum absolute atomic E-state index is 11.3. The molecule has 2 aromatic rings. The van der Waals surface area contributed by atoms with Crippen molar-refractivity contribution in [2.45, 2.75) is 13.3 Å². The average molecular weight is 355 g/mol. The van der Waals surface area contributed by atoms with Gasteiger partial charge >= 0.3 is 5.97 Å². The minimum Gasteiger partial charge on any atom is -0.508 e. The van der Waals surface area contributed by atoms with Crippen molar-refractivity contribution in [2.24, 2.45) is 0 Å². The minimum atomic E-state index is -0.465. The van der Waals surface area contributed by atoms with Crippen LogP contribution in [0.3, 0.4) is 0 Å². The molecule has 0 saturated heterocycles. The molecule has 0 saturated carbocycles. The normalized spacial score (nSPS) is 10.4. The summed E-state index contributed by atoms with van der Waals surface area (Å²) in [7, 11) is 0. The predicted molar refractivity (Wildman–Crippen MR) is 89.5 cm³/mol. The number of carbonyl (C=O) groups is 1. The van der Waals surface area contributed by atoms with Crippen molar-refractivity contribution in [1.82, 2.24) is 0 Å². The molecule has 0 atom stereocenters. The van der Waals surface area contributed by atoms with Crippen molar-refractivity contribution < 1.29 is 19.4 Å². The Bertz CT molecular complexity index is 684. The van der Waals surface area contributed by atoms with E-state index in [4.69, 9.17) is 32.7 Å². The monoisotopic (exact) mass is 354 g/mol. The predicted octanol–water partition coefficient (Wildman–Crippen LogP) is 4.23. The molecule has 1 N–H and O–H groups in total. The molecule has 6 heteroatoms. The lowest BCUT2D eigenvalue weighted by molar-refractivity contribution is -0.145. The van der Waals surface area contributed by atoms with Gasteiger partial charge in [-0.05, 0) is 42.7 Å². The van der Waals surface area contributed by atoms with Crippen molar-refractivity contribution in [1.29, 1.82) is 0 Å². The summed E-state index contributed by atoms with van der Waals surface area (Å²) in [6.07, 6.45) is 0.566. The number of esters is 1. The average Bonchev–Trinajstić information content (AvgIpc) is 2.53. The summed E-state index contributed by atoms with van der Waals surface area (Å²) in [5.74, 6) is 0.0765. The van der Waals surface area contributed by atoms with E-state index in [0.29, 0.717) is 23.8 Å². The fourth-order valence-electron chi connectivity index (χ4n) is 1.99. The molecule has 2 rings (SSSR count). The third-order valence-electron chi connectivity index (χ3n) is 3.11. The van der Waals surface area contributed by atoms with Gasteiger partial charge in [-0.25, -0.2) is 4.79 Å². The Hall–Kier alpha value is -1.91. The third kappa shape index (κ3) is 4.78. The molecule has 0 radical (unpaired) electrons. The molecule has 0 aliphatic heterocycles. The van der Waals surface area contributed by atoms with E-state index in [1.165, 1.54) is 0 Å². The highest BCUT2D eigenvalue weighted by molar-refractivity contribution is 6.43. The molecule has 122 valence electrons. The van der Waals surface area contributed by atoms with Crippen LogP contribution in [-0.2, 0) is 16.0 Å². The largest absolute Gasteiger partial charge is 0.508 e. The van der Waals surface area contributed by atoms with Crippen LogP contribution in [0.5, 0.6) is 11.5 Å². The number of benzene rings is 2. The Balaban J connectivity index is 2.10. The maximum Gasteiger partial charge on any atom is 0.344 e. The second-order valence-corrected chi connectivity index (χ2v) is 5.54. The van der Waals surface area contributed by atoms with Crippen LogP contribution >= 0.6 is 23.2 Å². The van der Waals surface area contributed by atoms with Crippen molar-refractivity contribution >= 4 is 29.2 Å². The Labute approximate surface area is 144 Å². The van der Waals surface area contributed by atoms with E-state index in [1.807, 2.05) is 12.1 Å². The molecule has 0 fully saturated rings. The zero-order chi connectivity index (χ0) is 16.8. The molecule has 0 aliphatic rings. The first kappa shape index (κ1) is 17.4. The Kier molecular flexibility index (Phi) is 6.13. The topological polar surface area (TPSA) is 55.8 Å². The highest BCUT2D eigenvalue weighted by atomic mass is 35.5. The highest BCUT2D eigenvalue weighted by Gasteiger charge is 2.13. The number of carbonyl (C=O) groups excluding carboxylic acids is 1. The molecule has 0 amide bonds. The molecular weight excluding hydrogens is 339 g/mol. The van der Waals surface area contributed by atoms with Gasteiger partial charge in [-0.1, -0.05) is 41.4 Å². The minimum absolute atomic E-state index is 0.209. The van der Waals surface area contributed by atoms with E-state index >= 15 is 0 Å². The number of ether oxygens (including phenoxy) is 2. The van der Waals surface area contributed by atoms with Crippen molar-refractivity contribution in [3.63, 3.8) is 0 Å². The first-order chi connectivity index (χ1) is 11.0. The van der Waals surface area contributed by atoms with Crippen LogP contribution in [0, 0.1) is 0 Å². The molecule has 0 aromatic heterocycles. The Morgan fingerprint density at radius 3 is 2.43 bits per heavy atom. The summed E-state index contributed by atoms with van der Waals surface area (Å²) in [5.41, 5.74) is 1.81. The van der Waals surface area contributed by atoms with Gasteiger partial charge < -0.3 is 14.6 Å². The Morgan fingerprint density at radius 1 is 1.09 bits per heavy atom. The van der Waals surface area contributed by atoms with Gasteiger partial charge in [0.25, 0.3) is 0 Å². The van der Waals surface area contributed by atoms with Gasteiger partial charge in [-0.3, -0.25) is 0 Å². The van der Waals surface area contributed by atoms with E-state index in [-0.39, 0.29) is 17.4 Å². The van der Waals surface area contributed by atoms with Crippen LogP contribution in [0.15, 0.2) is 36.4 Å². The Morgan fingerprint density at radius 2 is 1.78 bits per heavy atom. The molecular formula is C17H16Cl2O4. The zero-order valence-electron chi connectivity index (χ0n) is 12.5. The van der Waals surface area contributed by atoms with Crippen LogP contribution < -0.4 is 4.74 Å². The summed E-state index contributed by atoms with van der Waals surface area (Å²) in [6.45, 7) is 1.79. The lowest BCUT2D eigenvalue weighted by Crippen LogP contribution is -2.14. The number of rotatable bonds is 6. The highest BCUT2D eigenvalue weighted by Crippen LogP contribution is 2.35. The third-order valence-corrected chi connectivity index (χ3v) is 4.01. The van der Waals surface area contributed by atoms with Crippen LogP contribution in [-0.4, -0.2) is 24.3 Å². The van der Waals surface area contributed by atoms with Gasteiger partial charge in [0.05, 0.1) is 11.6 Å². The van der Waals surface area contributed by atoms with Crippen LogP contribution in [0.25, 0.3) is 0 Å². The molecule has 0 heterocycles. The summed E-state index contributed by atoms with van der Waals surface area (Å²) < 4.78 is 10.1. The van der Waals surface area contributed by atoms with E-state index in [2.05, 4.69) is 0 Å². The second-order valence-electron chi connectivity index (χ2n) is 4.79. The van der Waals surface area contributed by atoms with Crippen LogP contribution in [0.2, 0.25) is 10.0 Å². The maximum atomic E-state index is 11.3. The fourth-order valence-corrected chi connectivity index (χ4v) is 2.45. The zero-order valence-corrected chi connectivity index (χ0v) is 14.0. The summed E-state index contributed by atoms with van der Waals surface area (Å²) in [6, 6.07) is 10.3. The standard InChI is InChI=1S/C17H16Cl2O4/c1-2-22-15(21)10-23-14-8-5-12(16(18)17(14)19)9-11-3-6-13(20)7-4-11/h3-8,20H,2,9-10H2,1H3. The molecule has 23 heavy (non-hydrogen) atoms. The summed E-state index contributed by atoms with van der Waals surface area (Å²) >= 11 is 12.5. The number of hydrogen-bond donors (Lipinski definition) is 1. The number of hydrogen-bond acceptors (Lipinski definition) is 4. The van der Waals surface area contributed by atoms with Gasteiger partial charge in [0.1, 0.15) is 16.5 Å². The first-order valence-corrected chi connectivity index (χ1v) is 7.80. The lowest BCUT2D eigenvalue weighted by atomic mass is 10.0. The van der Waals surface area contributed by atoms with Crippen molar-refractivity contribution in [3.05, 3.63) is 57.6 Å². The molecule has 0 unspecified atom stereocenters.